The van der Waals surface area contributed by atoms with E-state index in [4.69, 9.17) is 51.0 Å². The minimum Gasteiger partial charge on any atom is -0.425 e. The lowest BCUT2D eigenvalue weighted by Gasteiger charge is -2.43. The number of rotatable bonds is 14. The molecular formula is C16H48Cl2O7Si8. The Hall–Kier alpha value is 2.04. The molecule has 7 nitrogen and oxygen atoms in total. The van der Waals surface area contributed by atoms with Gasteiger partial charge in [0.25, 0.3) is 15.3 Å². The van der Waals surface area contributed by atoms with E-state index in [-0.39, 0.29) is 0 Å². The molecule has 200 valence electrons. The molecular weight excluding hydrogens is 600 g/mol. The Bertz CT molecular complexity index is 596. The van der Waals surface area contributed by atoms with Gasteiger partial charge in [-0.3, -0.25) is 0 Å². The molecule has 0 saturated carbocycles. The van der Waals surface area contributed by atoms with Crippen LogP contribution >= 0.6 is 22.2 Å². The van der Waals surface area contributed by atoms with Crippen LogP contribution in [0.1, 0.15) is 0 Å². The van der Waals surface area contributed by atoms with Crippen molar-refractivity contribution in [3.05, 3.63) is 0 Å². The second-order valence-corrected chi connectivity index (χ2v) is 45.3. The Labute approximate surface area is 221 Å². The Kier molecular flexibility index (Phi) is 12.1. The molecule has 33 heavy (non-hydrogen) atoms. The Morgan fingerprint density at radius 3 is 0.515 bits per heavy atom. The van der Waals surface area contributed by atoms with Crippen molar-refractivity contribution in [1.82, 2.24) is 0 Å². The van der Waals surface area contributed by atoms with E-state index in [1.807, 2.05) is 105 Å². The van der Waals surface area contributed by atoms with Crippen LogP contribution in [0.25, 0.3) is 0 Å². The monoisotopic (exact) mass is 646 g/mol. The summed E-state index contributed by atoms with van der Waals surface area (Å²) in [4.78, 5) is 0. The molecule has 0 atom stereocenters. The van der Waals surface area contributed by atoms with Crippen LogP contribution in [-0.4, -0.2) is 66.6 Å². The molecule has 0 fully saturated rings. The molecule has 0 N–H and O–H groups in total. The van der Waals surface area contributed by atoms with E-state index in [2.05, 4.69) is 0 Å². The van der Waals surface area contributed by atoms with E-state index in [0.717, 1.165) is 0 Å². The number of hydrogen-bond donors (Lipinski definition) is 0. The summed E-state index contributed by atoms with van der Waals surface area (Å²) in [6.07, 6.45) is 0. The molecule has 0 spiro atoms. The molecule has 0 unspecified atom stereocenters. The largest absolute Gasteiger partial charge is 0.425 e. The van der Waals surface area contributed by atoms with Crippen LogP contribution in [0.4, 0.5) is 0 Å². The lowest BCUT2D eigenvalue weighted by Crippen LogP contribution is -2.61. The fraction of sp³-hybridized carbons (Fsp3) is 1.00. The molecule has 0 rings (SSSR count). The highest BCUT2D eigenvalue weighted by atomic mass is 35.6. The summed E-state index contributed by atoms with van der Waals surface area (Å²) in [5.74, 6) is 0. The van der Waals surface area contributed by atoms with Crippen molar-refractivity contribution >= 4 is 88.8 Å². The van der Waals surface area contributed by atoms with E-state index < -0.39 is 66.6 Å². The molecule has 0 aromatic rings. The Morgan fingerprint density at radius 2 is 0.394 bits per heavy atom. The fourth-order valence-corrected chi connectivity index (χ4v) is 43.9. The third-order valence-corrected chi connectivity index (χ3v) is 32.3. The van der Waals surface area contributed by atoms with Crippen LogP contribution in [-0.2, 0) is 28.8 Å². The molecule has 0 aromatic carbocycles. The van der Waals surface area contributed by atoms with Crippen LogP contribution in [0.3, 0.4) is 0 Å². The van der Waals surface area contributed by atoms with Gasteiger partial charge in [0, 0.05) is 0 Å². The SMILES string of the molecule is C[Si](C)(Cl)O[Si](C)(C)O[Si](C)(C)O[Si](C)(C)O[Si](C)(C)O[Si](C)(C)O[Si](C)(C)O[Si](C)(C)Cl. The van der Waals surface area contributed by atoms with Crippen LogP contribution in [0.5, 0.6) is 0 Å². The second kappa shape index (κ2) is 11.4. The van der Waals surface area contributed by atoms with Crippen LogP contribution < -0.4 is 0 Å². The lowest BCUT2D eigenvalue weighted by atomic mass is 11.9. The van der Waals surface area contributed by atoms with E-state index in [9.17, 15) is 0 Å². The molecule has 0 saturated heterocycles. The Morgan fingerprint density at radius 1 is 0.273 bits per heavy atom. The van der Waals surface area contributed by atoms with Gasteiger partial charge in [0.05, 0.1) is 0 Å². The van der Waals surface area contributed by atoms with Gasteiger partial charge < -0.3 is 28.8 Å². The highest BCUT2D eigenvalue weighted by Gasteiger charge is 2.49. The summed E-state index contributed by atoms with van der Waals surface area (Å²) in [6, 6.07) is 0. The summed E-state index contributed by atoms with van der Waals surface area (Å²) in [6.45, 7) is 32.2. The van der Waals surface area contributed by atoms with Gasteiger partial charge in [-0.25, -0.2) is 0 Å². The van der Waals surface area contributed by atoms with Crippen LogP contribution in [0.15, 0.2) is 0 Å². The fourth-order valence-electron chi connectivity index (χ4n) is 4.25. The molecule has 0 heterocycles. The third kappa shape index (κ3) is 18.0. The first-order chi connectivity index (χ1) is 13.9. The topological polar surface area (TPSA) is 64.6 Å². The molecule has 0 radical (unpaired) electrons. The van der Waals surface area contributed by atoms with Crippen molar-refractivity contribution in [3.63, 3.8) is 0 Å². The minimum atomic E-state index is -2.58. The van der Waals surface area contributed by atoms with Gasteiger partial charge in [0.15, 0.2) is 0 Å². The zero-order valence-corrected chi connectivity index (χ0v) is 33.1. The summed E-state index contributed by atoms with van der Waals surface area (Å²) < 4.78 is 44.8. The average molecular weight is 648 g/mol. The van der Waals surface area contributed by atoms with E-state index in [1.165, 1.54) is 0 Å². The van der Waals surface area contributed by atoms with Gasteiger partial charge in [-0.2, -0.15) is 0 Å². The summed E-state index contributed by atoms with van der Waals surface area (Å²) in [5.41, 5.74) is 0. The van der Waals surface area contributed by atoms with Gasteiger partial charge in [-0.1, -0.05) is 0 Å². The van der Waals surface area contributed by atoms with Crippen molar-refractivity contribution in [1.29, 1.82) is 0 Å². The number of halogens is 2. The molecule has 17 heteroatoms. The van der Waals surface area contributed by atoms with E-state index >= 15 is 0 Å². The quantitative estimate of drug-likeness (QED) is 0.146. The third-order valence-electron chi connectivity index (χ3n) is 3.43. The highest BCUT2D eigenvalue weighted by molar-refractivity contribution is 7.18. The molecule has 0 aliphatic rings. The molecule has 0 aliphatic heterocycles. The number of hydrogen-bond acceptors (Lipinski definition) is 7. The first-order valence-electron chi connectivity index (χ1n) is 11.2. The van der Waals surface area contributed by atoms with Crippen LogP contribution in [0, 0.1) is 0 Å². The van der Waals surface area contributed by atoms with Crippen molar-refractivity contribution in [2.24, 2.45) is 0 Å². The summed E-state index contributed by atoms with van der Waals surface area (Å²) >= 11 is 12.8. The predicted octanol–water partition coefficient (Wildman–Crippen LogP) is 7.19. The Balaban J connectivity index is 5.27. The maximum atomic E-state index is 6.59. The van der Waals surface area contributed by atoms with E-state index in [1.54, 1.807) is 0 Å². The molecule has 0 aliphatic carbocycles. The molecule has 0 aromatic heterocycles. The van der Waals surface area contributed by atoms with Gasteiger partial charge >= 0.3 is 51.4 Å². The maximum Gasteiger partial charge on any atom is 0.314 e. The summed E-state index contributed by atoms with van der Waals surface area (Å²) in [5, 5.41) is 0. The van der Waals surface area contributed by atoms with Gasteiger partial charge in [-0.15, -0.1) is 22.2 Å². The summed E-state index contributed by atoms with van der Waals surface area (Å²) in [7, 11) is -19.6. The molecule has 0 bridgehead atoms. The van der Waals surface area contributed by atoms with Gasteiger partial charge in [0.1, 0.15) is 0 Å². The normalized spacial score (nSPS) is 15.8. The van der Waals surface area contributed by atoms with Gasteiger partial charge in [-0.05, 0) is 105 Å². The zero-order chi connectivity index (χ0) is 26.9. The lowest BCUT2D eigenvalue weighted by molar-refractivity contribution is 0.266. The van der Waals surface area contributed by atoms with Crippen molar-refractivity contribution in [2.75, 3.05) is 0 Å². The first-order valence-corrected chi connectivity index (χ1v) is 36.0. The predicted molar refractivity (Wildman–Crippen MR) is 159 cm³/mol. The van der Waals surface area contributed by atoms with Crippen LogP contribution in [0.2, 0.25) is 105 Å². The standard InChI is InChI=1S/C16H48Cl2O7Si8/c1-26(2,17)19-28(5,6)21-30(9,10)23-32(13,14)25-33(15,16)24-31(11,12)22-29(7,8)20-27(3,4)18/h1-16H3. The minimum absolute atomic E-state index is 1.95. The maximum absolute atomic E-state index is 6.59. The second-order valence-electron chi connectivity index (χ2n) is 11.8. The van der Waals surface area contributed by atoms with Crippen molar-refractivity contribution in [2.45, 2.75) is 105 Å². The van der Waals surface area contributed by atoms with Crippen molar-refractivity contribution < 1.29 is 28.8 Å². The highest BCUT2D eigenvalue weighted by Crippen LogP contribution is 2.29. The smallest absolute Gasteiger partial charge is 0.314 e. The average Bonchev–Trinajstić information content (AvgIpc) is 2.20. The van der Waals surface area contributed by atoms with Crippen molar-refractivity contribution in [3.8, 4) is 0 Å². The molecule has 0 amide bonds. The zero-order valence-electron chi connectivity index (χ0n) is 23.6. The van der Waals surface area contributed by atoms with E-state index in [0.29, 0.717) is 0 Å². The first kappa shape index (κ1) is 35.0. The van der Waals surface area contributed by atoms with Gasteiger partial charge in [0.2, 0.25) is 0 Å².